The summed E-state index contributed by atoms with van der Waals surface area (Å²) >= 11 is 0. The molecule has 1 heterocycles. The van der Waals surface area contributed by atoms with Crippen LogP contribution < -0.4 is 0 Å². The third kappa shape index (κ3) is 3.15. The summed E-state index contributed by atoms with van der Waals surface area (Å²) < 4.78 is 37.7. The van der Waals surface area contributed by atoms with E-state index < -0.39 is 35.9 Å². The second kappa shape index (κ2) is 5.12. The molecule has 1 aromatic rings. The molecule has 4 nitrogen and oxygen atoms in total. The Labute approximate surface area is 95.0 Å². The fraction of sp³-hybridized carbons (Fsp3) is 0.400. The van der Waals surface area contributed by atoms with Crippen molar-refractivity contribution in [2.24, 2.45) is 0 Å². The summed E-state index contributed by atoms with van der Waals surface area (Å²) in [5.41, 5.74) is -1.61. The van der Waals surface area contributed by atoms with Crippen molar-refractivity contribution in [1.82, 2.24) is 4.98 Å². The highest BCUT2D eigenvalue weighted by molar-refractivity contribution is 5.29. The number of hydrogen-bond acceptors (Lipinski definition) is 4. The predicted molar refractivity (Wildman–Crippen MR) is 50.4 cm³/mol. The molecule has 0 saturated carbocycles. The van der Waals surface area contributed by atoms with Crippen LogP contribution >= 0.6 is 0 Å². The molecule has 1 aromatic heterocycles. The van der Waals surface area contributed by atoms with Crippen LogP contribution in [0.2, 0.25) is 0 Å². The summed E-state index contributed by atoms with van der Waals surface area (Å²) in [5.74, 6) is 0. The Hall–Kier alpha value is -1.65. The quantitative estimate of drug-likeness (QED) is 0.845. The minimum atomic E-state index is -4.65. The van der Waals surface area contributed by atoms with Crippen molar-refractivity contribution >= 4 is 0 Å². The van der Waals surface area contributed by atoms with Gasteiger partial charge in [0.15, 0.2) is 0 Å². The third-order valence-electron chi connectivity index (χ3n) is 2.14. The largest absolute Gasteiger partial charge is 0.416 e. The molecule has 2 unspecified atom stereocenters. The van der Waals surface area contributed by atoms with Crippen LogP contribution in [0, 0.1) is 11.3 Å². The topological polar surface area (TPSA) is 77.1 Å². The number of aliphatic hydroxyl groups is 2. The van der Waals surface area contributed by atoms with Gasteiger partial charge in [0.2, 0.25) is 0 Å². The molecule has 0 aliphatic carbocycles. The van der Waals surface area contributed by atoms with E-state index in [4.69, 9.17) is 5.26 Å². The van der Waals surface area contributed by atoms with E-state index in [0.29, 0.717) is 6.07 Å². The first-order valence-corrected chi connectivity index (χ1v) is 4.62. The molecule has 0 aromatic carbocycles. The summed E-state index contributed by atoms with van der Waals surface area (Å²) in [4.78, 5) is 3.47. The maximum atomic E-state index is 12.6. The van der Waals surface area contributed by atoms with E-state index in [2.05, 4.69) is 4.98 Å². The average Bonchev–Trinajstić information content (AvgIpc) is 2.27. The summed E-state index contributed by atoms with van der Waals surface area (Å²) in [7, 11) is 0. The van der Waals surface area contributed by atoms with Crippen molar-refractivity contribution in [1.29, 1.82) is 5.26 Å². The average molecular weight is 246 g/mol. The number of rotatable bonds is 3. The maximum Gasteiger partial charge on any atom is 0.416 e. The molecule has 0 amide bonds. The van der Waals surface area contributed by atoms with Crippen molar-refractivity contribution < 1.29 is 23.4 Å². The van der Waals surface area contributed by atoms with Crippen molar-refractivity contribution in [2.45, 2.75) is 24.8 Å². The normalized spacial score (nSPS) is 15.1. The smallest absolute Gasteiger partial charge is 0.389 e. The van der Waals surface area contributed by atoms with Gasteiger partial charge in [-0.25, -0.2) is 0 Å². The molecular formula is C10H9F3N2O2. The second-order valence-corrected chi connectivity index (χ2v) is 3.34. The van der Waals surface area contributed by atoms with E-state index in [1.54, 1.807) is 6.07 Å². The van der Waals surface area contributed by atoms with Gasteiger partial charge in [-0.2, -0.15) is 18.4 Å². The van der Waals surface area contributed by atoms with Gasteiger partial charge in [-0.3, -0.25) is 4.98 Å². The summed E-state index contributed by atoms with van der Waals surface area (Å²) in [6.07, 6.45) is -6.71. The number of nitrogens with zero attached hydrogens (tertiary/aromatic N) is 2. The number of nitriles is 1. The van der Waals surface area contributed by atoms with E-state index in [-0.39, 0.29) is 0 Å². The second-order valence-electron chi connectivity index (χ2n) is 3.34. The van der Waals surface area contributed by atoms with Gasteiger partial charge in [-0.15, -0.1) is 0 Å². The van der Waals surface area contributed by atoms with Gasteiger partial charge in [0.1, 0.15) is 6.10 Å². The Kier molecular flexibility index (Phi) is 4.04. The highest BCUT2D eigenvalue weighted by Crippen LogP contribution is 2.35. The molecule has 0 aliphatic heterocycles. The number of hydrogen-bond donors (Lipinski definition) is 2. The minimum absolute atomic E-state index is 0.465. The van der Waals surface area contributed by atoms with Crippen molar-refractivity contribution in [3.05, 3.63) is 29.6 Å². The van der Waals surface area contributed by atoms with Crippen LogP contribution in [-0.4, -0.2) is 21.3 Å². The summed E-state index contributed by atoms with van der Waals surface area (Å²) in [6.45, 7) is 0. The lowest BCUT2D eigenvalue weighted by Gasteiger charge is -2.19. The van der Waals surface area contributed by atoms with E-state index in [9.17, 15) is 23.4 Å². The molecule has 1 rings (SSSR count). The van der Waals surface area contributed by atoms with Gasteiger partial charge in [0.25, 0.3) is 0 Å². The number of alkyl halides is 3. The van der Waals surface area contributed by atoms with Crippen molar-refractivity contribution in [2.75, 3.05) is 0 Å². The Morgan fingerprint density at radius 1 is 1.41 bits per heavy atom. The molecule has 0 fully saturated rings. The Balaban J connectivity index is 3.10. The van der Waals surface area contributed by atoms with E-state index in [1.165, 1.54) is 0 Å². The number of pyridine rings is 1. The van der Waals surface area contributed by atoms with Crippen molar-refractivity contribution in [3.8, 4) is 6.07 Å². The number of halogens is 3. The minimum Gasteiger partial charge on any atom is -0.389 e. The van der Waals surface area contributed by atoms with Crippen LogP contribution in [0.4, 0.5) is 13.2 Å². The van der Waals surface area contributed by atoms with Crippen molar-refractivity contribution in [3.63, 3.8) is 0 Å². The lowest BCUT2D eigenvalue weighted by atomic mass is 9.99. The fourth-order valence-corrected chi connectivity index (χ4v) is 1.31. The lowest BCUT2D eigenvalue weighted by Crippen LogP contribution is -2.21. The summed E-state index contributed by atoms with van der Waals surface area (Å²) in [6, 6.07) is 2.27. The SMILES string of the molecule is N#CCC(O)C(O)c1cnccc1C(F)(F)F. The van der Waals surface area contributed by atoms with E-state index >= 15 is 0 Å². The van der Waals surface area contributed by atoms with Crippen LogP contribution in [0.3, 0.4) is 0 Å². The van der Waals surface area contributed by atoms with Crippen LogP contribution in [0.15, 0.2) is 18.5 Å². The molecule has 92 valence electrons. The molecular weight excluding hydrogens is 237 g/mol. The molecule has 2 N–H and O–H groups in total. The molecule has 17 heavy (non-hydrogen) atoms. The van der Waals surface area contributed by atoms with E-state index in [0.717, 1.165) is 12.4 Å². The first kappa shape index (κ1) is 13.4. The van der Waals surface area contributed by atoms with Gasteiger partial charge >= 0.3 is 6.18 Å². The molecule has 2 atom stereocenters. The highest BCUT2D eigenvalue weighted by atomic mass is 19.4. The first-order chi connectivity index (χ1) is 7.88. The fourth-order valence-electron chi connectivity index (χ4n) is 1.31. The first-order valence-electron chi connectivity index (χ1n) is 4.62. The van der Waals surface area contributed by atoms with Crippen LogP contribution in [0.5, 0.6) is 0 Å². The maximum absolute atomic E-state index is 12.6. The third-order valence-corrected chi connectivity index (χ3v) is 2.14. The summed E-state index contributed by atoms with van der Waals surface area (Å²) in [5, 5.41) is 27.1. The van der Waals surface area contributed by atoms with E-state index in [1.807, 2.05) is 0 Å². The van der Waals surface area contributed by atoms with Gasteiger partial charge < -0.3 is 10.2 Å². The zero-order valence-corrected chi connectivity index (χ0v) is 8.52. The van der Waals surface area contributed by atoms with Gasteiger partial charge in [0.05, 0.1) is 24.2 Å². The Bertz CT molecular complexity index is 428. The molecule has 0 saturated heterocycles. The van der Waals surface area contributed by atoms with Crippen LogP contribution in [-0.2, 0) is 6.18 Å². The molecule has 0 bridgehead atoms. The van der Waals surface area contributed by atoms with Gasteiger partial charge in [0, 0.05) is 18.0 Å². The number of aromatic nitrogens is 1. The monoisotopic (exact) mass is 246 g/mol. The molecule has 0 aliphatic rings. The standard InChI is InChI=1S/C10H9F3N2O2/c11-10(12,13)7-2-4-15-5-6(7)9(17)8(16)1-3-14/h2,4-5,8-9,16-17H,1H2. The van der Waals surface area contributed by atoms with Gasteiger partial charge in [-0.05, 0) is 6.07 Å². The Morgan fingerprint density at radius 3 is 2.59 bits per heavy atom. The highest BCUT2D eigenvalue weighted by Gasteiger charge is 2.36. The Morgan fingerprint density at radius 2 is 2.06 bits per heavy atom. The van der Waals surface area contributed by atoms with Crippen LogP contribution in [0.1, 0.15) is 23.7 Å². The molecule has 0 radical (unpaired) electrons. The van der Waals surface area contributed by atoms with Crippen LogP contribution in [0.25, 0.3) is 0 Å². The predicted octanol–water partition coefficient (Wildman–Crippen LogP) is 1.41. The number of aliphatic hydroxyl groups excluding tert-OH is 2. The molecule has 0 spiro atoms. The molecule has 7 heteroatoms. The zero-order chi connectivity index (χ0) is 13.1. The zero-order valence-electron chi connectivity index (χ0n) is 8.52. The van der Waals surface area contributed by atoms with Gasteiger partial charge in [-0.1, -0.05) is 0 Å². The lowest BCUT2D eigenvalue weighted by molar-refractivity contribution is -0.140.